The van der Waals surface area contributed by atoms with Crippen molar-refractivity contribution in [3.63, 3.8) is 0 Å². The number of nitrogens with one attached hydrogen (secondary N) is 1. The molecule has 0 fully saturated rings. The summed E-state index contributed by atoms with van der Waals surface area (Å²) in [4.78, 5) is 12.1. The number of nitrogens with zero attached hydrogens (tertiary/aromatic N) is 1. The Morgan fingerprint density at radius 2 is 1.66 bits per heavy atom. The summed E-state index contributed by atoms with van der Waals surface area (Å²) in [5.41, 5.74) is 7.24. The van der Waals surface area contributed by atoms with Gasteiger partial charge in [-0.15, -0.1) is 0 Å². The average Bonchev–Trinajstić information content (AvgIpc) is 3.25. The second-order valence-electron chi connectivity index (χ2n) is 7.82. The molecule has 0 saturated carbocycles. The molecule has 32 heavy (non-hydrogen) atoms. The number of hydrazone groups is 1. The molecule has 0 bridgehead atoms. The Balaban J connectivity index is 1.77. The molecule has 2 N–H and O–H groups in total. The van der Waals surface area contributed by atoms with Gasteiger partial charge in [-0.25, -0.2) is 4.79 Å². The number of aryl methyl sites for hydroxylation is 2. The minimum atomic E-state index is -0.401. The number of aromatic hydroxyl groups is 1. The maximum absolute atomic E-state index is 12.1. The van der Waals surface area contributed by atoms with Crippen LogP contribution in [0.4, 0.5) is 0 Å². The molecule has 0 saturated heterocycles. The van der Waals surface area contributed by atoms with E-state index in [1.54, 1.807) is 47.3 Å². The van der Waals surface area contributed by atoms with Crippen molar-refractivity contribution < 1.29 is 23.7 Å². The summed E-state index contributed by atoms with van der Waals surface area (Å²) in [5.74, 6) is 1.86. The second kappa shape index (κ2) is 8.11. The SMILES string of the molecule is COc1cc(OC)c([C@H]2CC(c3c(C)cc4oc(=O)c(C)c(C)c4c3O)=NN2)cc1OC. The first kappa shape index (κ1) is 21.5. The number of methoxy groups -OCH3 is 3. The van der Waals surface area contributed by atoms with Crippen molar-refractivity contribution in [1.82, 2.24) is 5.43 Å². The highest BCUT2D eigenvalue weighted by Gasteiger charge is 2.29. The van der Waals surface area contributed by atoms with Gasteiger partial charge in [-0.3, -0.25) is 0 Å². The number of rotatable bonds is 5. The molecule has 2 heterocycles. The molecule has 168 valence electrons. The minimum Gasteiger partial charge on any atom is -0.506 e. The van der Waals surface area contributed by atoms with Crippen LogP contribution in [0.15, 0.2) is 32.5 Å². The third-order valence-corrected chi connectivity index (χ3v) is 6.06. The number of benzene rings is 2. The van der Waals surface area contributed by atoms with E-state index in [1.165, 1.54) is 0 Å². The van der Waals surface area contributed by atoms with Gasteiger partial charge in [0.25, 0.3) is 0 Å². The zero-order valence-corrected chi connectivity index (χ0v) is 19.0. The summed E-state index contributed by atoms with van der Waals surface area (Å²) in [6.45, 7) is 5.35. The van der Waals surface area contributed by atoms with Gasteiger partial charge in [-0.1, -0.05) is 0 Å². The van der Waals surface area contributed by atoms with Gasteiger partial charge in [0.15, 0.2) is 11.5 Å². The van der Waals surface area contributed by atoms with Crippen molar-refractivity contribution in [2.24, 2.45) is 5.10 Å². The van der Waals surface area contributed by atoms with Gasteiger partial charge in [-0.2, -0.15) is 5.10 Å². The third kappa shape index (κ3) is 3.32. The van der Waals surface area contributed by atoms with E-state index < -0.39 is 5.63 Å². The predicted octanol–water partition coefficient (Wildman–Crippen LogP) is 3.89. The highest BCUT2D eigenvalue weighted by Crippen LogP contribution is 2.42. The van der Waals surface area contributed by atoms with E-state index in [0.717, 1.165) is 11.1 Å². The van der Waals surface area contributed by atoms with Crippen LogP contribution in [0.2, 0.25) is 0 Å². The number of phenolic OH excluding ortho intramolecular Hbond substituents is 1. The Labute approximate surface area is 185 Å². The molecule has 0 amide bonds. The largest absolute Gasteiger partial charge is 0.506 e. The number of hydrogen-bond donors (Lipinski definition) is 2. The van der Waals surface area contributed by atoms with Crippen LogP contribution in [0.1, 0.15) is 40.3 Å². The Hall–Kier alpha value is -3.68. The van der Waals surface area contributed by atoms with Gasteiger partial charge in [0.1, 0.15) is 17.1 Å². The number of ether oxygens (including phenoxy) is 3. The smallest absolute Gasteiger partial charge is 0.339 e. The van der Waals surface area contributed by atoms with Gasteiger partial charge < -0.3 is 29.2 Å². The molecule has 3 aromatic rings. The van der Waals surface area contributed by atoms with E-state index in [-0.39, 0.29) is 11.8 Å². The van der Waals surface area contributed by atoms with E-state index in [2.05, 4.69) is 10.5 Å². The van der Waals surface area contributed by atoms with Crippen molar-refractivity contribution in [2.45, 2.75) is 33.2 Å². The molecular formula is C24H26N2O6. The van der Waals surface area contributed by atoms with E-state index in [9.17, 15) is 9.90 Å². The van der Waals surface area contributed by atoms with Crippen LogP contribution in [0, 0.1) is 20.8 Å². The maximum Gasteiger partial charge on any atom is 0.339 e. The average molecular weight is 438 g/mol. The van der Waals surface area contributed by atoms with Crippen LogP contribution < -0.4 is 25.3 Å². The molecule has 8 heteroatoms. The zero-order chi connectivity index (χ0) is 23.2. The molecule has 1 atom stereocenters. The lowest BCUT2D eigenvalue weighted by atomic mass is 9.92. The molecule has 0 unspecified atom stereocenters. The van der Waals surface area contributed by atoms with Crippen molar-refractivity contribution in [3.05, 3.63) is 56.4 Å². The predicted molar refractivity (Wildman–Crippen MR) is 121 cm³/mol. The molecule has 2 aromatic carbocycles. The van der Waals surface area contributed by atoms with E-state index in [1.807, 2.05) is 13.0 Å². The van der Waals surface area contributed by atoms with Crippen LogP contribution in [0.3, 0.4) is 0 Å². The van der Waals surface area contributed by atoms with E-state index in [0.29, 0.717) is 57.0 Å². The van der Waals surface area contributed by atoms with Crippen LogP contribution in [-0.2, 0) is 0 Å². The molecule has 1 aliphatic rings. The normalized spacial score (nSPS) is 15.4. The second-order valence-corrected chi connectivity index (χ2v) is 7.82. The van der Waals surface area contributed by atoms with E-state index >= 15 is 0 Å². The number of phenols is 1. The lowest BCUT2D eigenvalue weighted by Gasteiger charge is -2.18. The Kier molecular flexibility index (Phi) is 5.46. The fraction of sp³-hybridized carbons (Fsp3) is 0.333. The maximum atomic E-state index is 12.1. The monoisotopic (exact) mass is 438 g/mol. The fourth-order valence-corrected chi connectivity index (χ4v) is 4.20. The highest BCUT2D eigenvalue weighted by molar-refractivity contribution is 6.09. The number of hydrogen-bond acceptors (Lipinski definition) is 8. The standard InChI is InChI=1S/C24H26N2O6/c1-11-7-20-22(12(2)13(3)24(28)32-20)23(27)21(11)16-9-15(25-26-16)14-8-18(30-5)19(31-6)10-17(14)29-4/h7-8,10,15,25,27H,9H2,1-6H3/t15-/m1/s1. The molecular weight excluding hydrogens is 412 g/mol. The molecule has 1 aliphatic heterocycles. The molecule has 4 rings (SSSR count). The zero-order valence-electron chi connectivity index (χ0n) is 19.0. The first-order valence-electron chi connectivity index (χ1n) is 10.2. The number of fused-ring (bicyclic) bond motifs is 1. The van der Waals surface area contributed by atoms with E-state index in [4.69, 9.17) is 18.6 Å². The molecule has 0 aliphatic carbocycles. The summed E-state index contributed by atoms with van der Waals surface area (Å²) in [5, 5.41) is 16.2. The van der Waals surface area contributed by atoms with Gasteiger partial charge in [0.2, 0.25) is 0 Å². The van der Waals surface area contributed by atoms with Crippen LogP contribution >= 0.6 is 0 Å². The van der Waals surface area contributed by atoms with Crippen LogP contribution in [0.5, 0.6) is 23.0 Å². The Morgan fingerprint density at radius 3 is 2.31 bits per heavy atom. The topological polar surface area (TPSA) is 103 Å². The Bertz CT molecular complexity index is 1310. The molecule has 8 nitrogen and oxygen atoms in total. The first-order valence-corrected chi connectivity index (χ1v) is 10.2. The highest BCUT2D eigenvalue weighted by atomic mass is 16.5. The molecule has 0 radical (unpaired) electrons. The lowest BCUT2D eigenvalue weighted by Crippen LogP contribution is -2.12. The minimum absolute atomic E-state index is 0.0600. The summed E-state index contributed by atoms with van der Waals surface area (Å²) in [6.07, 6.45) is 0.514. The van der Waals surface area contributed by atoms with Crippen LogP contribution in [-0.4, -0.2) is 32.1 Å². The Morgan fingerprint density at radius 1 is 1.00 bits per heavy atom. The fourth-order valence-electron chi connectivity index (χ4n) is 4.20. The van der Waals surface area contributed by atoms with Gasteiger partial charge in [0.05, 0.1) is 38.5 Å². The van der Waals surface area contributed by atoms with Crippen LogP contribution in [0.25, 0.3) is 11.0 Å². The van der Waals surface area contributed by atoms with Crippen molar-refractivity contribution >= 4 is 16.7 Å². The van der Waals surface area contributed by atoms with Gasteiger partial charge >= 0.3 is 5.63 Å². The first-order chi connectivity index (χ1) is 15.3. The van der Waals surface area contributed by atoms with Crippen molar-refractivity contribution in [3.8, 4) is 23.0 Å². The summed E-state index contributed by atoms with van der Waals surface area (Å²) < 4.78 is 21.8. The van der Waals surface area contributed by atoms with Gasteiger partial charge in [0, 0.05) is 29.2 Å². The molecule has 1 aromatic heterocycles. The van der Waals surface area contributed by atoms with Crippen molar-refractivity contribution in [1.29, 1.82) is 0 Å². The molecule has 0 spiro atoms. The summed E-state index contributed by atoms with van der Waals surface area (Å²) in [7, 11) is 4.75. The summed E-state index contributed by atoms with van der Waals surface area (Å²) in [6, 6.07) is 5.22. The lowest BCUT2D eigenvalue weighted by molar-refractivity contribution is 0.345. The third-order valence-electron chi connectivity index (χ3n) is 6.06. The van der Waals surface area contributed by atoms with Gasteiger partial charge in [-0.05, 0) is 44.0 Å². The summed E-state index contributed by atoms with van der Waals surface area (Å²) >= 11 is 0. The quantitative estimate of drug-likeness (QED) is 0.583. The van der Waals surface area contributed by atoms with Crippen molar-refractivity contribution in [2.75, 3.05) is 21.3 Å².